The lowest BCUT2D eigenvalue weighted by Gasteiger charge is -2.23. The molecule has 0 aliphatic carbocycles. The van der Waals surface area contributed by atoms with Gasteiger partial charge in [0.05, 0.1) is 6.26 Å². The summed E-state index contributed by atoms with van der Waals surface area (Å²) in [4.78, 5) is 38.4. The van der Waals surface area contributed by atoms with Gasteiger partial charge in [0.1, 0.15) is 6.04 Å². The first-order valence-electron chi connectivity index (χ1n) is 9.02. The Morgan fingerprint density at radius 3 is 2.33 bits per heavy atom. The predicted molar refractivity (Wildman–Crippen MR) is 101 cm³/mol. The van der Waals surface area contributed by atoms with E-state index in [1.54, 1.807) is 41.3 Å². The third-order valence-electron chi connectivity index (χ3n) is 4.49. The molecule has 0 unspecified atom stereocenters. The summed E-state index contributed by atoms with van der Waals surface area (Å²) in [6.07, 6.45) is 2.82. The molecule has 7 heteroatoms. The van der Waals surface area contributed by atoms with E-state index < -0.39 is 6.04 Å². The van der Waals surface area contributed by atoms with Gasteiger partial charge in [-0.15, -0.1) is 0 Å². The minimum absolute atomic E-state index is 0.0650. The van der Waals surface area contributed by atoms with Crippen molar-refractivity contribution >= 4 is 29.1 Å². The van der Waals surface area contributed by atoms with E-state index >= 15 is 0 Å². The molecule has 1 aliphatic heterocycles. The third kappa shape index (κ3) is 4.36. The molecule has 3 amide bonds. The number of amides is 3. The van der Waals surface area contributed by atoms with Crippen molar-refractivity contribution in [3.8, 4) is 0 Å². The van der Waals surface area contributed by atoms with E-state index in [-0.39, 0.29) is 29.4 Å². The topological polar surface area (TPSA) is 91.7 Å². The van der Waals surface area contributed by atoms with Gasteiger partial charge in [-0.3, -0.25) is 14.4 Å². The summed E-state index contributed by atoms with van der Waals surface area (Å²) in [5, 5.41) is 5.64. The van der Waals surface area contributed by atoms with Gasteiger partial charge < -0.3 is 20.0 Å². The first-order valence-corrected chi connectivity index (χ1v) is 9.02. The fourth-order valence-corrected chi connectivity index (χ4v) is 2.97. The first kappa shape index (κ1) is 18.7. The van der Waals surface area contributed by atoms with E-state index in [1.807, 2.05) is 13.8 Å². The number of furan rings is 1. The van der Waals surface area contributed by atoms with Gasteiger partial charge in [0, 0.05) is 23.8 Å². The fraction of sp³-hybridized carbons (Fsp3) is 0.350. The molecular weight excluding hydrogens is 346 g/mol. The molecular formula is C20H23N3O4. The second-order valence-corrected chi connectivity index (χ2v) is 6.84. The largest absolute Gasteiger partial charge is 0.459 e. The summed E-state index contributed by atoms with van der Waals surface area (Å²) in [6, 6.07) is 9.64. The van der Waals surface area contributed by atoms with E-state index in [2.05, 4.69) is 10.6 Å². The van der Waals surface area contributed by atoms with Crippen LogP contribution in [0.25, 0.3) is 0 Å². The maximum Gasteiger partial charge on any atom is 0.290 e. The molecule has 1 saturated heterocycles. The molecule has 0 radical (unpaired) electrons. The van der Waals surface area contributed by atoms with Crippen molar-refractivity contribution in [2.24, 2.45) is 5.92 Å². The Bertz CT molecular complexity index is 812. The molecule has 142 valence electrons. The Kier molecular flexibility index (Phi) is 5.59. The standard InChI is InChI=1S/C20H23N3O4/c1-13(2)18(24)21-14-7-9-15(10-8-14)22-19(25)16-5-3-11-23(16)20(26)17-6-4-12-27-17/h4,6-10,12-13,16H,3,5,11H2,1-2H3,(H,21,24)(H,22,25)/t16-/m0/s1. The van der Waals surface area contributed by atoms with Crippen molar-refractivity contribution in [1.29, 1.82) is 0 Å². The zero-order chi connectivity index (χ0) is 19.4. The van der Waals surface area contributed by atoms with Crippen LogP contribution in [0.1, 0.15) is 37.2 Å². The monoisotopic (exact) mass is 369 g/mol. The molecule has 1 aliphatic rings. The van der Waals surface area contributed by atoms with Crippen LogP contribution in [0.2, 0.25) is 0 Å². The predicted octanol–water partition coefficient (Wildman–Crippen LogP) is 3.12. The lowest BCUT2D eigenvalue weighted by molar-refractivity contribution is -0.120. The van der Waals surface area contributed by atoms with Crippen LogP contribution < -0.4 is 10.6 Å². The lowest BCUT2D eigenvalue weighted by Crippen LogP contribution is -2.43. The van der Waals surface area contributed by atoms with E-state index in [0.29, 0.717) is 24.3 Å². The van der Waals surface area contributed by atoms with Crippen molar-refractivity contribution in [1.82, 2.24) is 4.90 Å². The van der Waals surface area contributed by atoms with E-state index in [4.69, 9.17) is 4.42 Å². The highest BCUT2D eigenvalue weighted by Crippen LogP contribution is 2.22. The number of carbonyl (C=O) groups excluding carboxylic acids is 3. The summed E-state index contributed by atoms with van der Waals surface area (Å²) < 4.78 is 5.16. The van der Waals surface area contributed by atoms with Crippen molar-refractivity contribution in [3.05, 3.63) is 48.4 Å². The maximum absolute atomic E-state index is 12.6. The first-order chi connectivity index (χ1) is 13.0. The van der Waals surface area contributed by atoms with Crippen molar-refractivity contribution in [3.63, 3.8) is 0 Å². The molecule has 1 aromatic carbocycles. The molecule has 1 aromatic heterocycles. The summed E-state index contributed by atoms with van der Waals surface area (Å²) in [7, 11) is 0. The summed E-state index contributed by atoms with van der Waals surface area (Å²) in [5.41, 5.74) is 1.28. The van der Waals surface area contributed by atoms with Gasteiger partial charge in [0.25, 0.3) is 5.91 Å². The normalized spacial score (nSPS) is 16.4. The Labute approximate surface area is 157 Å². The van der Waals surface area contributed by atoms with Crippen LogP contribution in [-0.4, -0.2) is 35.2 Å². The number of hydrogen-bond donors (Lipinski definition) is 2. The van der Waals surface area contributed by atoms with Gasteiger partial charge >= 0.3 is 0 Å². The minimum Gasteiger partial charge on any atom is -0.459 e. The molecule has 0 saturated carbocycles. The van der Waals surface area contributed by atoms with Gasteiger partial charge in [-0.05, 0) is 49.2 Å². The quantitative estimate of drug-likeness (QED) is 0.847. The summed E-state index contributed by atoms with van der Waals surface area (Å²) >= 11 is 0. The Balaban J connectivity index is 1.62. The second-order valence-electron chi connectivity index (χ2n) is 6.84. The number of hydrogen-bond acceptors (Lipinski definition) is 4. The molecule has 1 atom stereocenters. The SMILES string of the molecule is CC(C)C(=O)Nc1ccc(NC(=O)[C@@H]2CCCN2C(=O)c2ccco2)cc1. The molecule has 3 rings (SSSR count). The van der Waals surface area contributed by atoms with Crippen LogP contribution in [0, 0.1) is 5.92 Å². The number of anilines is 2. The average Bonchev–Trinajstić information content (AvgIpc) is 3.34. The van der Waals surface area contributed by atoms with Gasteiger partial charge in [0.2, 0.25) is 11.8 Å². The van der Waals surface area contributed by atoms with Crippen molar-refractivity contribution in [2.75, 3.05) is 17.2 Å². The van der Waals surface area contributed by atoms with Crippen LogP contribution in [-0.2, 0) is 9.59 Å². The number of carbonyl (C=O) groups is 3. The highest BCUT2D eigenvalue weighted by molar-refractivity contribution is 6.00. The summed E-state index contributed by atoms with van der Waals surface area (Å²) in [6.45, 7) is 4.17. The third-order valence-corrected chi connectivity index (χ3v) is 4.49. The number of likely N-dealkylation sites (tertiary alicyclic amines) is 1. The van der Waals surface area contributed by atoms with Crippen LogP contribution >= 0.6 is 0 Å². The van der Waals surface area contributed by atoms with E-state index in [1.165, 1.54) is 6.26 Å². The maximum atomic E-state index is 12.6. The number of benzene rings is 1. The molecule has 2 aromatic rings. The Hall–Kier alpha value is -3.09. The molecule has 7 nitrogen and oxygen atoms in total. The van der Waals surface area contributed by atoms with Gasteiger partial charge in [0.15, 0.2) is 5.76 Å². The number of rotatable bonds is 5. The summed E-state index contributed by atoms with van der Waals surface area (Å²) in [5.74, 6) is -0.440. The number of nitrogens with one attached hydrogen (secondary N) is 2. The van der Waals surface area contributed by atoms with Crippen LogP contribution in [0.15, 0.2) is 47.1 Å². The van der Waals surface area contributed by atoms with Gasteiger partial charge in [-0.2, -0.15) is 0 Å². The molecule has 0 bridgehead atoms. The number of nitrogens with zero attached hydrogens (tertiary/aromatic N) is 1. The highest BCUT2D eigenvalue weighted by Gasteiger charge is 2.35. The van der Waals surface area contributed by atoms with E-state index in [9.17, 15) is 14.4 Å². The van der Waals surface area contributed by atoms with Crippen molar-refractivity contribution < 1.29 is 18.8 Å². The zero-order valence-corrected chi connectivity index (χ0v) is 15.4. The van der Waals surface area contributed by atoms with Crippen LogP contribution in [0.4, 0.5) is 11.4 Å². The molecule has 2 heterocycles. The van der Waals surface area contributed by atoms with Crippen molar-refractivity contribution in [2.45, 2.75) is 32.7 Å². The second kappa shape index (κ2) is 8.07. The van der Waals surface area contributed by atoms with Gasteiger partial charge in [-0.25, -0.2) is 0 Å². The molecule has 2 N–H and O–H groups in total. The Morgan fingerprint density at radius 1 is 1.07 bits per heavy atom. The fourth-order valence-electron chi connectivity index (χ4n) is 2.97. The van der Waals surface area contributed by atoms with Crippen LogP contribution in [0.3, 0.4) is 0 Å². The zero-order valence-electron chi connectivity index (χ0n) is 15.4. The molecule has 0 spiro atoms. The average molecular weight is 369 g/mol. The van der Waals surface area contributed by atoms with E-state index in [0.717, 1.165) is 6.42 Å². The smallest absolute Gasteiger partial charge is 0.290 e. The highest BCUT2D eigenvalue weighted by atomic mass is 16.3. The van der Waals surface area contributed by atoms with Gasteiger partial charge in [-0.1, -0.05) is 13.8 Å². The molecule has 1 fully saturated rings. The lowest BCUT2D eigenvalue weighted by atomic mass is 10.2. The van der Waals surface area contributed by atoms with Crippen LogP contribution in [0.5, 0.6) is 0 Å². The minimum atomic E-state index is -0.525. The molecule has 27 heavy (non-hydrogen) atoms. The Morgan fingerprint density at radius 2 is 1.74 bits per heavy atom.